The van der Waals surface area contributed by atoms with Gasteiger partial charge in [-0.3, -0.25) is 0 Å². The van der Waals surface area contributed by atoms with Crippen LogP contribution < -0.4 is 4.90 Å². The number of para-hydroxylation sites is 1. The lowest BCUT2D eigenvalue weighted by Gasteiger charge is -2.33. The Kier molecular flexibility index (Phi) is 9.91. The van der Waals surface area contributed by atoms with Crippen LogP contribution in [-0.2, 0) is 10.8 Å². The molecule has 0 bridgehead atoms. The highest BCUT2D eigenvalue weighted by atomic mass is 15.1. The van der Waals surface area contributed by atoms with Crippen molar-refractivity contribution in [2.24, 2.45) is 5.92 Å². The molecule has 9 rings (SSSR count). The number of benzene rings is 6. The van der Waals surface area contributed by atoms with Crippen LogP contribution in [0.25, 0.3) is 33.4 Å². The smallest absolute Gasteiger partial charge is 0.0726 e. The Bertz CT molecular complexity index is 2570. The predicted octanol–water partition coefficient (Wildman–Crippen LogP) is 15.8. The molecule has 0 N–H and O–H groups in total. The molecule has 0 aliphatic heterocycles. The van der Waals surface area contributed by atoms with E-state index >= 15 is 0 Å². The molecule has 0 heterocycles. The zero-order valence-electron chi connectivity index (χ0n) is 35.1. The van der Waals surface area contributed by atoms with Gasteiger partial charge in [0.15, 0.2) is 0 Å². The van der Waals surface area contributed by atoms with Gasteiger partial charge in [0.05, 0.1) is 11.1 Å². The topological polar surface area (TPSA) is 3.24 Å². The Hall–Kier alpha value is -5.92. The summed E-state index contributed by atoms with van der Waals surface area (Å²) >= 11 is 0. The fourth-order valence-corrected chi connectivity index (χ4v) is 9.88. The summed E-state index contributed by atoms with van der Waals surface area (Å²) in [7, 11) is 0. The van der Waals surface area contributed by atoms with Gasteiger partial charge >= 0.3 is 0 Å². The van der Waals surface area contributed by atoms with Crippen molar-refractivity contribution in [3.8, 4) is 22.3 Å². The molecule has 0 radical (unpaired) electrons. The average molecular weight is 742 g/mol. The normalized spacial score (nSPS) is 15.4. The molecule has 0 saturated carbocycles. The van der Waals surface area contributed by atoms with Crippen LogP contribution in [0.15, 0.2) is 169 Å². The van der Waals surface area contributed by atoms with Crippen molar-refractivity contribution in [2.75, 3.05) is 4.90 Å². The largest absolute Gasteiger partial charge is 0.310 e. The predicted molar refractivity (Wildman–Crippen MR) is 247 cm³/mol. The number of anilines is 3. The molecule has 1 heteroatoms. The van der Waals surface area contributed by atoms with Gasteiger partial charge in [-0.2, -0.15) is 0 Å². The maximum Gasteiger partial charge on any atom is 0.0726 e. The monoisotopic (exact) mass is 741 g/mol. The lowest BCUT2D eigenvalue weighted by atomic mass is 9.70. The van der Waals surface area contributed by atoms with Crippen LogP contribution >= 0.6 is 0 Å². The standard InChI is InChI=1S/C54H49N.C2H6/c1-8-18-37(32-35(3)4)41-20-13-17-27-52(41)55(38-28-30-45-40(19-9-2)36(5)53(6,7)50(45)33-38)39-29-31-46-44-23-12-16-26-49(44)54(51(46)34-39)47-24-14-10-21-42(47)43-22-11-15-25-48(43)54;1-2/h8-35H,1-7H3;1-2H3/b18-8-,19-9-,37-32+;. The van der Waals surface area contributed by atoms with Crippen LogP contribution in [-0.4, -0.2) is 0 Å². The van der Waals surface area contributed by atoms with Gasteiger partial charge in [0, 0.05) is 22.4 Å². The van der Waals surface area contributed by atoms with Crippen LogP contribution in [0.3, 0.4) is 0 Å². The van der Waals surface area contributed by atoms with Gasteiger partial charge in [-0.15, -0.1) is 0 Å². The molecule has 0 aromatic heterocycles. The molecule has 284 valence electrons. The first kappa shape index (κ1) is 38.0. The fraction of sp³-hybridized carbons (Fsp3) is 0.214. The summed E-state index contributed by atoms with van der Waals surface area (Å²) in [5.41, 5.74) is 21.5. The summed E-state index contributed by atoms with van der Waals surface area (Å²) in [6.45, 7) is 19.8. The molecule has 0 atom stereocenters. The van der Waals surface area contributed by atoms with Crippen molar-refractivity contribution in [1.29, 1.82) is 0 Å². The highest BCUT2D eigenvalue weighted by Gasteiger charge is 2.51. The number of hydrogen-bond donors (Lipinski definition) is 0. The number of allylic oxidation sites excluding steroid dienone is 8. The van der Waals surface area contributed by atoms with Crippen LogP contribution in [0.2, 0.25) is 0 Å². The van der Waals surface area contributed by atoms with Gasteiger partial charge in [0.2, 0.25) is 0 Å². The summed E-state index contributed by atoms with van der Waals surface area (Å²) in [5.74, 6) is 0.397. The summed E-state index contributed by atoms with van der Waals surface area (Å²) in [6.07, 6.45) is 11.3. The summed E-state index contributed by atoms with van der Waals surface area (Å²) < 4.78 is 0. The second-order valence-corrected chi connectivity index (χ2v) is 16.2. The van der Waals surface area contributed by atoms with E-state index in [0.29, 0.717) is 5.92 Å². The maximum atomic E-state index is 2.52. The summed E-state index contributed by atoms with van der Waals surface area (Å²) in [4.78, 5) is 2.52. The van der Waals surface area contributed by atoms with Gasteiger partial charge < -0.3 is 4.90 Å². The van der Waals surface area contributed by atoms with Crippen molar-refractivity contribution in [1.82, 2.24) is 0 Å². The van der Waals surface area contributed by atoms with Crippen LogP contribution in [0.5, 0.6) is 0 Å². The molecule has 3 aliphatic carbocycles. The number of nitrogens with zero attached hydrogens (tertiary/aromatic N) is 1. The van der Waals surface area contributed by atoms with Crippen molar-refractivity contribution in [3.63, 3.8) is 0 Å². The Labute approximate surface area is 341 Å². The third kappa shape index (κ3) is 5.73. The van der Waals surface area contributed by atoms with E-state index in [-0.39, 0.29) is 5.41 Å². The molecular weight excluding hydrogens is 687 g/mol. The molecule has 0 unspecified atom stereocenters. The van der Waals surface area contributed by atoms with Gasteiger partial charge in [0.1, 0.15) is 0 Å². The van der Waals surface area contributed by atoms with E-state index in [4.69, 9.17) is 0 Å². The highest BCUT2D eigenvalue weighted by Crippen LogP contribution is 2.63. The van der Waals surface area contributed by atoms with Gasteiger partial charge in [-0.25, -0.2) is 0 Å². The fourth-order valence-electron chi connectivity index (χ4n) is 9.88. The minimum absolute atomic E-state index is 0.0973. The molecule has 1 nitrogen and oxygen atoms in total. The van der Waals surface area contributed by atoms with E-state index in [1.54, 1.807) is 0 Å². The van der Waals surface area contributed by atoms with Crippen molar-refractivity contribution < 1.29 is 0 Å². The SMILES string of the molecule is C/C=C\C1=C(C)C(C)(C)c2cc(N(c3ccc4c(c3)C3(c5ccccc5-c5ccccc53)c3ccccc3-4)c3ccccc3C(/C=C\C)=C/C(C)C)ccc21.CC. The number of hydrogen-bond acceptors (Lipinski definition) is 1. The number of fused-ring (bicyclic) bond motifs is 11. The van der Waals surface area contributed by atoms with E-state index in [1.165, 1.54) is 83.6 Å². The van der Waals surface area contributed by atoms with E-state index in [2.05, 4.69) is 217 Å². The zero-order valence-corrected chi connectivity index (χ0v) is 35.1. The van der Waals surface area contributed by atoms with E-state index in [9.17, 15) is 0 Å². The third-order valence-corrected chi connectivity index (χ3v) is 12.5. The van der Waals surface area contributed by atoms with Gasteiger partial charge in [0.25, 0.3) is 0 Å². The van der Waals surface area contributed by atoms with Crippen molar-refractivity contribution >= 4 is 28.2 Å². The summed E-state index contributed by atoms with van der Waals surface area (Å²) in [5, 5.41) is 0. The van der Waals surface area contributed by atoms with Gasteiger partial charge in [-0.05, 0) is 124 Å². The molecule has 3 aliphatic rings. The lowest BCUT2D eigenvalue weighted by molar-refractivity contribution is 0.639. The first-order chi connectivity index (χ1) is 27.7. The van der Waals surface area contributed by atoms with Crippen molar-refractivity contribution in [2.45, 2.75) is 73.1 Å². The molecule has 6 aromatic carbocycles. The second kappa shape index (κ2) is 14.9. The van der Waals surface area contributed by atoms with Crippen LogP contribution in [0.4, 0.5) is 17.1 Å². The second-order valence-electron chi connectivity index (χ2n) is 16.2. The lowest BCUT2D eigenvalue weighted by Crippen LogP contribution is -2.26. The Balaban J connectivity index is 0.00000224. The quantitative estimate of drug-likeness (QED) is 0.147. The Morgan fingerprint density at radius 1 is 0.561 bits per heavy atom. The maximum absolute atomic E-state index is 2.52. The Morgan fingerprint density at radius 2 is 1.05 bits per heavy atom. The molecule has 0 saturated heterocycles. The van der Waals surface area contributed by atoms with Gasteiger partial charge in [-0.1, -0.05) is 181 Å². The van der Waals surface area contributed by atoms with E-state index in [1.807, 2.05) is 13.8 Å². The molecule has 57 heavy (non-hydrogen) atoms. The molecule has 0 amide bonds. The van der Waals surface area contributed by atoms with E-state index in [0.717, 1.165) is 11.4 Å². The van der Waals surface area contributed by atoms with Crippen LogP contribution in [0, 0.1) is 5.92 Å². The number of rotatable bonds is 7. The average Bonchev–Trinajstić information content (AvgIpc) is 3.77. The van der Waals surface area contributed by atoms with E-state index < -0.39 is 5.41 Å². The molecule has 6 aromatic rings. The minimum atomic E-state index is -0.420. The van der Waals surface area contributed by atoms with Crippen molar-refractivity contribution in [3.05, 3.63) is 208 Å². The highest BCUT2D eigenvalue weighted by molar-refractivity contribution is 5.97. The summed E-state index contributed by atoms with van der Waals surface area (Å²) in [6, 6.07) is 50.6. The third-order valence-electron chi connectivity index (χ3n) is 12.5. The molecule has 1 spiro atoms. The molecular formula is C56H55N. The first-order valence-corrected chi connectivity index (χ1v) is 20.9. The minimum Gasteiger partial charge on any atom is -0.310 e. The Morgan fingerprint density at radius 3 is 1.60 bits per heavy atom. The first-order valence-electron chi connectivity index (χ1n) is 20.9. The van der Waals surface area contributed by atoms with Crippen LogP contribution in [0.1, 0.15) is 101 Å². The molecule has 0 fully saturated rings. The zero-order chi connectivity index (χ0) is 40.1.